The van der Waals surface area contributed by atoms with Crippen LogP contribution in [-0.4, -0.2) is 24.4 Å². The molecular formula is C11H21N3O2. The Bertz CT molecular complexity index is 237. The van der Waals surface area contributed by atoms with Crippen LogP contribution in [0.2, 0.25) is 0 Å². The molecule has 2 amide bonds. The van der Waals surface area contributed by atoms with Crippen molar-refractivity contribution < 1.29 is 9.59 Å². The molecule has 92 valence electrons. The summed E-state index contributed by atoms with van der Waals surface area (Å²) in [5, 5.41) is 3.12. The van der Waals surface area contributed by atoms with Gasteiger partial charge in [-0.25, -0.2) is 0 Å². The van der Waals surface area contributed by atoms with Crippen LogP contribution in [0.1, 0.15) is 45.4 Å². The Balaban J connectivity index is 2.15. The summed E-state index contributed by atoms with van der Waals surface area (Å²) >= 11 is 0. The third-order valence-corrected chi connectivity index (χ3v) is 2.71. The number of unbranched alkanes of at least 4 members (excludes halogenated alkanes) is 1. The van der Waals surface area contributed by atoms with Crippen molar-refractivity contribution in [2.24, 2.45) is 0 Å². The molecule has 1 aliphatic heterocycles. The Morgan fingerprint density at radius 3 is 2.75 bits per heavy atom. The molecule has 1 heterocycles. The van der Waals surface area contributed by atoms with Crippen molar-refractivity contribution in [3.05, 3.63) is 0 Å². The van der Waals surface area contributed by atoms with E-state index in [1.165, 1.54) is 0 Å². The van der Waals surface area contributed by atoms with Crippen LogP contribution in [0.15, 0.2) is 0 Å². The SMILES string of the molecule is CCCCC(=O)NNC(=O)[C@H]1CCCCN1. The first-order valence-electron chi connectivity index (χ1n) is 6.06. The summed E-state index contributed by atoms with van der Waals surface area (Å²) in [6, 6.07) is -0.153. The standard InChI is InChI=1S/C11H21N3O2/c1-2-3-7-10(15)13-14-11(16)9-6-4-5-8-12-9/h9,12H,2-8H2,1H3,(H,13,15)(H,14,16)/t9-/m1/s1. The molecule has 0 saturated carbocycles. The number of hydrazine groups is 1. The minimum absolute atomic E-state index is 0.119. The van der Waals surface area contributed by atoms with Gasteiger partial charge in [0.2, 0.25) is 5.91 Å². The zero-order valence-corrected chi connectivity index (χ0v) is 9.84. The minimum atomic E-state index is -0.153. The summed E-state index contributed by atoms with van der Waals surface area (Å²) < 4.78 is 0. The monoisotopic (exact) mass is 227 g/mol. The van der Waals surface area contributed by atoms with Gasteiger partial charge in [-0.15, -0.1) is 0 Å². The molecule has 0 aromatic carbocycles. The molecule has 0 aromatic heterocycles. The molecule has 0 aromatic rings. The third-order valence-electron chi connectivity index (χ3n) is 2.71. The van der Waals surface area contributed by atoms with Crippen LogP contribution < -0.4 is 16.2 Å². The van der Waals surface area contributed by atoms with Gasteiger partial charge in [0.1, 0.15) is 0 Å². The predicted molar refractivity (Wildman–Crippen MR) is 61.5 cm³/mol. The van der Waals surface area contributed by atoms with E-state index in [9.17, 15) is 9.59 Å². The maximum Gasteiger partial charge on any atom is 0.255 e. The third kappa shape index (κ3) is 4.61. The molecule has 5 nitrogen and oxygen atoms in total. The van der Waals surface area contributed by atoms with E-state index in [4.69, 9.17) is 0 Å². The summed E-state index contributed by atoms with van der Waals surface area (Å²) in [4.78, 5) is 22.8. The van der Waals surface area contributed by atoms with Gasteiger partial charge in [0.05, 0.1) is 6.04 Å². The second kappa shape index (κ2) is 7.22. The van der Waals surface area contributed by atoms with Crippen LogP contribution in [0.3, 0.4) is 0 Å². The van der Waals surface area contributed by atoms with Gasteiger partial charge in [-0.3, -0.25) is 20.4 Å². The van der Waals surface area contributed by atoms with E-state index in [2.05, 4.69) is 16.2 Å². The van der Waals surface area contributed by atoms with E-state index in [0.717, 1.165) is 38.6 Å². The minimum Gasteiger partial charge on any atom is -0.306 e. The van der Waals surface area contributed by atoms with Gasteiger partial charge in [0, 0.05) is 6.42 Å². The molecule has 0 aliphatic carbocycles. The van der Waals surface area contributed by atoms with Crippen molar-refractivity contribution in [1.29, 1.82) is 0 Å². The highest BCUT2D eigenvalue weighted by Gasteiger charge is 2.20. The molecule has 0 spiro atoms. The van der Waals surface area contributed by atoms with E-state index in [1.54, 1.807) is 0 Å². The Morgan fingerprint density at radius 1 is 1.31 bits per heavy atom. The van der Waals surface area contributed by atoms with Crippen LogP contribution in [0.25, 0.3) is 0 Å². The number of hydrogen-bond acceptors (Lipinski definition) is 3. The molecule has 1 rings (SSSR count). The van der Waals surface area contributed by atoms with Gasteiger partial charge in [0.15, 0.2) is 0 Å². The molecule has 0 unspecified atom stereocenters. The van der Waals surface area contributed by atoms with Gasteiger partial charge < -0.3 is 5.32 Å². The smallest absolute Gasteiger partial charge is 0.255 e. The predicted octanol–water partition coefficient (Wildman–Crippen LogP) is 0.466. The fourth-order valence-electron chi connectivity index (χ4n) is 1.69. The lowest BCUT2D eigenvalue weighted by atomic mass is 10.0. The quantitative estimate of drug-likeness (QED) is 0.611. The molecule has 1 aliphatic rings. The Kier molecular flexibility index (Phi) is 5.85. The highest BCUT2D eigenvalue weighted by molar-refractivity contribution is 5.85. The molecule has 0 bridgehead atoms. The summed E-state index contributed by atoms with van der Waals surface area (Å²) in [5.74, 6) is -0.254. The number of nitrogens with one attached hydrogen (secondary N) is 3. The first-order chi connectivity index (χ1) is 7.74. The maximum absolute atomic E-state index is 11.6. The lowest BCUT2D eigenvalue weighted by molar-refractivity contribution is -0.130. The number of carbonyl (C=O) groups is 2. The Labute approximate surface area is 96.3 Å². The zero-order valence-electron chi connectivity index (χ0n) is 9.84. The number of amides is 2. The summed E-state index contributed by atoms with van der Waals surface area (Å²) in [6.07, 6.45) is 5.32. The van der Waals surface area contributed by atoms with Gasteiger partial charge in [0.25, 0.3) is 5.91 Å². The molecule has 0 radical (unpaired) electrons. The van der Waals surface area contributed by atoms with Crippen molar-refractivity contribution >= 4 is 11.8 Å². The van der Waals surface area contributed by atoms with Crippen molar-refractivity contribution in [2.45, 2.75) is 51.5 Å². The zero-order chi connectivity index (χ0) is 11.8. The van der Waals surface area contributed by atoms with E-state index in [0.29, 0.717) is 6.42 Å². The Hall–Kier alpha value is -1.10. The summed E-state index contributed by atoms with van der Waals surface area (Å²) in [7, 11) is 0. The first-order valence-corrected chi connectivity index (χ1v) is 6.06. The molecule has 1 atom stereocenters. The first kappa shape index (κ1) is 13.0. The fourth-order valence-corrected chi connectivity index (χ4v) is 1.69. The van der Waals surface area contributed by atoms with E-state index >= 15 is 0 Å². The van der Waals surface area contributed by atoms with Crippen molar-refractivity contribution in [1.82, 2.24) is 16.2 Å². The van der Waals surface area contributed by atoms with Crippen LogP contribution in [0.4, 0.5) is 0 Å². The maximum atomic E-state index is 11.6. The van der Waals surface area contributed by atoms with Gasteiger partial charge >= 0.3 is 0 Å². The van der Waals surface area contributed by atoms with Crippen molar-refractivity contribution in [3.8, 4) is 0 Å². The summed E-state index contributed by atoms with van der Waals surface area (Å²) in [5.41, 5.74) is 4.90. The molecule has 5 heteroatoms. The number of hydrogen-bond donors (Lipinski definition) is 3. The Morgan fingerprint density at radius 2 is 2.12 bits per heavy atom. The van der Waals surface area contributed by atoms with Crippen molar-refractivity contribution in [3.63, 3.8) is 0 Å². The average Bonchev–Trinajstić information content (AvgIpc) is 2.34. The van der Waals surface area contributed by atoms with Crippen LogP contribution >= 0.6 is 0 Å². The highest BCUT2D eigenvalue weighted by atomic mass is 16.2. The molecule has 1 fully saturated rings. The largest absolute Gasteiger partial charge is 0.306 e. The van der Waals surface area contributed by atoms with Crippen LogP contribution in [0, 0.1) is 0 Å². The van der Waals surface area contributed by atoms with E-state index < -0.39 is 0 Å². The number of piperidine rings is 1. The second-order valence-corrected chi connectivity index (χ2v) is 4.14. The summed E-state index contributed by atoms with van der Waals surface area (Å²) in [6.45, 7) is 2.90. The van der Waals surface area contributed by atoms with Gasteiger partial charge in [-0.2, -0.15) is 0 Å². The average molecular weight is 227 g/mol. The van der Waals surface area contributed by atoms with Crippen LogP contribution in [0.5, 0.6) is 0 Å². The number of carbonyl (C=O) groups excluding carboxylic acids is 2. The normalized spacial score (nSPS) is 20.2. The molecule has 16 heavy (non-hydrogen) atoms. The lowest BCUT2D eigenvalue weighted by Gasteiger charge is -2.22. The van der Waals surface area contributed by atoms with E-state index in [1.807, 2.05) is 6.92 Å². The second-order valence-electron chi connectivity index (χ2n) is 4.14. The molecular weight excluding hydrogens is 206 g/mol. The van der Waals surface area contributed by atoms with E-state index in [-0.39, 0.29) is 17.9 Å². The van der Waals surface area contributed by atoms with Crippen molar-refractivity contribution in [2.75, 3.05) is 6.54 Å². The van der Waals surface area contributed by atoms with Gasteiger partial charge in [-0.05, 0) is 25.8 Å². The van der Waals surface area contributed by atoms with Crippen LogP contribution in [-0.2, 0) is 9.59 Å². The lowest BCUT2D eigenvalue weighted by Crippen LogP contribution is -2.52. The molecule has 1 saturated heterocycles. The highest BCUT2D eigenvalue weighted by Crippen LogP contribution is 2.06. The topological polar surface area (TPSA) is 70.2 Å². The number of rotatable bonds is 4. The van der Waals surface area contributed by atoms with Gasteiger partial charge in [-0.1, -0.05) is 19.8 Å². The fraction of sp³-hybridized carbons (Fsp3) is 0.818. The molecule has 3 N–H and O–H groups in total.